The first-order chi connectivity index (χ1) is 8.60. The molecule has 0 aliphatic heterocycles. The zero-order chi connectivity index (χ0) is 13.5. The minimum absolute atomic E-state index is 0.0959. The van der Waals surface area contributed by atoms with Crippen molar-refractivity contribution in [3.05, 3.63) is 22.7 Å². The Morgan fingerprint density at radius 1 is 1.61 bits per heavy atom. The third-order valence-corrected chi connectivity index (χ3v) is 3.64. The molecule has 18 heavy (non-hydrogen) atoms. The highest BCUT2D eigenvalue weighted by atomic mass is 32.2. The van der Waals surface area contributed by atoms with Gasteiger partial charge in [0.2, 0.25) is 0 Å². The van der Waals surface area contributed by atoms with Crippen molar-refractivity contribution in [2.24, 2.45) is 5.92 Å². The minimum atomic E-state index is -0.271. The maximum atomic E-state index is 12.0. The fraction of sp³-hybridized carbons (Fsp3) is 0.583. The van der Waals surface area contributed by atoms with Crippen LogP contribution in [-0.4, -0.2) is 28.4 Å². The summed E-state index contributed by atoms with van der Waals surface area (Å²) >= 11 is 1.29. The lowest BCUT2D eigenvalue weighted by Crippen LogP contribution is -2.23. The molecule has 1 aromatic heterocycles. The van der Waals surface area contributed by atoms with Crippen molar-refractivity contribution in [2.75, 3.05) is 12.9 Å². The molecule has 0 spiro atoms. The number of nitrogens with zero attached hydrogens (tertiary/aromatic N) is 2. The molecule has 1 heterocycles. The Hall–Kier alpha value is -1.30. The molecule has 1 rings (SSSR count). The highest BCUT2D eigenvalue weighted by Gasteiger charge is 2.15. The van der Waals surface area contributed by atoms with Crippen LogP contribution >= 0.6 is 11.8 Å². The second-order valence-corrected chi connectivity index (χ2v) is 4.97. The molecule has 1 unspecified atom stereocenters. The van der Waals surface area contributed by atoms with Crippen molar-refractivity contribution in [2.45, 2.75) is 31.8 Å². The predicted molar refractivity (Wildman–Crippen MR) is 70.7 cm³/mol. The van der Waals surface area contributed by atoms with Crippen molar-refractivity contribution < 1.29 is 9.53 Å². The molecule has 5 nitrogen and oxygen atoms in total. The third kappa shape index (κ3) is 3.87. The number of ether oxygens (including phenoxy) is 1. The third-order valence-electron chi connectivity index (χ3n) is 2.42. The molecule has 0 aromatic carbocycles. The quantitative estimate of drug-likeness (QED) is 0.580. The summed E-state index contributed by atoms with van der Waals surface area (Å²) in [5.74, 6) is -0.0289. The fourth-order valence-corrected chi connectivity index (χ4v) is 2.34. The van der Waals surface area contributed by atoms with Gasteiger partial charge in [-0.2, -0.15) is 0 Å². The van der Waals surface area contributed by atoms with Gasteiger partial charge in [-0.3, -0.25) is 9.59 Å². The molecule has 0 saturated carbocycles. The SMILES string of the molecule is CCCn1ccnc(SCC(C)C(=O)OC)c1=O. The first-order valence-corrected chi connectivity index (χ1v) is 6.84. The highest BCUT2D eigenvalue weighted by molar-refractivity contribution is 7.99. The summed E-state index contributed by atoms with van der Waals surface area (Å²) in [5.41, 5.74) is -0.0959. The van der Waals surface area contributed by atoms with E-state index in [0.29, 0.717) is 17.3 Å². The summed E-state index contributed by atoms with van der Waals surface area (Å²) in [5, 5.41) is 0.432. The van der Waals surface area contributed by atoms with Gasteiger partial charge in [-0.05, 0) is 6.42 Å². The average molecular weight is 270 g/mol. The number of hydrogen-bond donors (Lipinski definition) is 0. The Balaban J connectivity index is 2.71. The molecule has 0 aliphatic carbocycles. The first kappa shape index (κ1) is 14.8. The van der Waals surface area contributed by atoms with Crippen LogP contribution in [0.15, 0.2) is 22.2 Å². The summed E-state index contributed by atoms with van der Waals surface area (Å²) in [7, 11) is 1.36. The normalized spacial score (nSPS) is 12.2. The van der Waals surface area contributed by atoms with Crippen LogP contribution in [0.3, 0.4) is 0 Å². The Labute approximate surface area is 111 Å². The molecule has 1 atom stereocenters. The number of rotatable bonds is 6. The van der Waals surface area contributed by atoms with Crippen LogP contribution in [0.25, 0.3) is 0 Å². The van der Waals surface area contributed by atoms with Gasteiger partial charge in [0.1, 0.15) is 0 Å². The Kier molecular flexibility index (Phi) is 5.91. The standard InChI is InChI=1S/C12H18N2O3S/c1-4-6-14-7-5-13-10(11(14)15)18-8-9(2)12(16)17-3/h5,7,9H,4,6,8H2,1-3H3. The largest absolute Gasteiger partial charge is 0.469 e. The summed E-state index contributed by atoms with van der Waals surface area (Å²) < 4.78 is 6.27. The molecule has 100 valence electrons. The number of hydrogen-bond acceptors (Lipinski definition) is 5. The fourth-order valence-electron chi connectivity index (χ4n) is 1.42. The van der Waals surface area contributed by atoms with E-state index in [0.717, 1.165) is 6.42 Å². The van der Waals surface area contributed by atoms with E-state index in [1.807, 2.05) is 6.92 Å². The summed E-state index contributed by atoms with van der Waals surface area (Å²) in [6, 6.07) is 0. The molecule has 0 fully saturated rings. The van der Waals surface area contributed by atoms with Gasteiger partial charge in [-0.25, -0.2) is 4.98 Å². The van der Waals surface area contributed by atoms with Crippen LogP contribution in [0.4, 0.5) is 0 Å². The van der Waals surface area contributed by atoms with Gasteiger partial charge >= 0.3 is 5.97 Å². The Bertz CT molecular complexity index is 459. The minimum Gasteiger partial charge on any atom is -0.469 e. The zero-order valence-corrected chi connectivity index (χ0v) is 11.7. The van der Waals surface area contributed by atoms with Crippen LogP contribution in [0.5, 0.6) is 0 Å². The maximum Gasteiger partial charge on any atom is 0.309 e. The van der Waals surface area contributed by atoms with E-state index in [9.17, 15) is 9.59 Å². The molecule has 6 heteroatoms. The molecule has 0 radical (unpaired) electrons. The number of thioether (sulfide) groups is 1. The van der Waals surface area contributed by atoms with E-state index in [4.69, 9.17) is 0 Å². The maximum absolute atomic E-state index is 12.0. The van der Waals surface area contributed by atoms with Gasteiger partial charge in [0, 0.05) is 24.7 Å². The van der Waals surface area contributed by atoms with Gasteiger partial charge < -0.3 is 9.30 Å². The second kappa shape index (κ2) is 7.20. The predicted octanol–water partition coefficient (Wildman–Crippen LogP) is 1.55. The zero-order valence-electron chi connectivity index (χ0n) is 10.9. The summed E-state index contributed by atoms with van der Waals surface area (Å²) in [6.07, 6.45) is 4.19. The first-order valence-electron chi connectivity index (χ1n) is 5.86. The number of esters is 1. The van der Waals surface area contributed by atoms with E-state index in [1.165, 1.54) is 18.9 Å². The molecule has 0 saturated heterocycles. The molecular formula is C12H18N2O3S. The number of carbonyl (C=O) groups excluding carboxylic acids is 1. The smallest absolute Gasteiger partial charge is 0.309 e. The number of methoxy groups -OCH3 is 1. The lowest BCUT2D eigenvalue weighted by molar-refractivity contribution is -0.143. The van der Waals surface area contributed by atoms with Crippen molar-refractivity contribution in [3.8, 4) is 0 Å². The van der Waals surface area contributed by atoms with Gasteiger partial charge in [-0.1, -0.05) is 25.6 Å². The second-order valence-electron chi connectivity index (χ2n) is 3.97. The number of aromatic nitrogens is 2. The van der Waals surface area contributed by atoms with Crippen molar-refractivity contribution in [1.29, 1.82) is 0 Å². The molecule has 0 aliphatic rings. The van der Waals surface area contributed by atoms with E-state index in [-0.39, 0.29) is 17.4 Å². The molecule has 0 bridgehead atoms. The van der Waals surface area contributed by atoms with E-state index in [1.54, 1.807) is 23.9 Å². The number of aryl methyl sites for hydroxylation is 1. The molecule has 0 amide bonds. The van der Waals surface area contributed by atoms with E-state index in [2.05, 4.69) is 9.72 Å². The Morgan fingerprint density at radius 2 is 2.33 bits per heavy atom. The number of carbonyl (C=O) groups is 1. The average Bonchev–Trinajstić information content (AvgIpc) is 2.38. The molecule has 1 aromatic rings. The molecule has 0 N–H and O–H groups in total. The summed E-state index contributed by atoms with van der Waals surface area (Å²) in [6.45, 7) is 4.47. The summed E-state index contributed by atoms with van der Waals surface area (Å²) in [4.78, 5) is 27.3. The monoisotopic (exact) mass is 270 g/mol. The topological polar surface area (TPSA) is 61.2 Å². The Morgan fingerprint density at radius 3 is 2.94 bits per heavy atom. The van der Waals surface area contributed by atoms with Gasteiger partial charge in [0.15, 0.2) is 5.03 Å². The van der Waals surface area contributed by atoms with Crippen LogP contribution in [0.1, 0.15) is 20.3 Å². The lowest BCUT2D eigenvalue weighted by Gasteiger charge is -2.09. The van der Waals surface area contributed by atoms with Gasteiger partial charge in [0.25, 0.3) is 5.56 Å². The van der Waals surface area contributed by atoms with Crippen LogP contribution in [-0.2, 0) is 16.1 Å². The van der Waals surface area contributed by atoms with Crippen LogP contribution in [0, 0.1) is 5.92 Å². The van der Waals surface area contributed by atoms with E-state index < -0.39 is 0 Å². The lowest BCUT2D eigenvalue weighted by atomic mass is 10.2. The van der Waals surface area contributed by atoms with Crippen LogP contribution < -0.4 is 5.56 Å². The van der Waals surface area contributed by atoms with E-state index >= 15 is 0 Å². The van der Waals surface area contributed by atoms with Crippen molar-refractivity contribution in [3.63, 3.8) is 0 Å². The highest BCUT2D eigenvalue weighted by Crippen LogP contribution is 2.15. The van der Waals surface area contributed by atoms with Gasteiger partial charge in [-0.15, -0.1) is 0 Å². The van der Waals surface area contributed by atoms with Gasteiger partial charge in [0.05, 0.1) is 13.0 Å². The van der Waals surface area contributed by atoms with Crippen molar-refractivity contribution >= 4 is 17.7 Å². The van der Waals surface area contributed by atoms with Crippen molar-refractivity contribution in [1.82, 2.24) is 9.55 Å². The van der Waals surface area contributed by atoms with Crippen LogP contribution in [0.2, 0.25) is 0 Å². The molecular weight excluding hydrogens is 252 g/mol.